The molecule has 0 aliphatic rings. The topological polar surface area (TPSA) is 80.3 Å². The minimum absolute atomic E-state index is 0.283. The number of hydrogen-bond acceptors (Lipinski definition) is 5. The van der Waals surface area contributed by atoms with E-state index in [0.29, 0.717) is 11.3 Å². The van der Waals surface area contributed by atoms with Crippen molar-refractivity contribution in [3.63, 3.8) is 0 Å². The van der Waals surface area contributed by atoms with Gasteiger partial charge in [-0.1, -0.05) is 6.07 Å². The monoisotopic (exact) mass is 375 g/mol. The van der Waals surface area contributed by atoms with E-state index in [1.807, 2.05) is 12.1 Å². The normalized spacial score (nSPS) is 10.2. The summed E-state index contributed by atoms with van der Waals surface area (Å²) in [6.45, 7) is 4.11. The van der Waals surface area contributed by atoms with Crippen molar-refractivity contribution in [1.29, 1.82) is 0 Å². The minimum atomic E-state index is -0.426. The highest BCUT2D eigenvalue weighted by Crippen LogP contribution is 2.20. The molecule has 0 radical (unpaired) electrons. The first kappa shape index (κ1) is 19.1. The van der Waals surface area contributed by atoms with E-state index in [9.17, 15) is 9.59 Å². The fourth-order valence-corrected chi connectivity index (χ4v) is 2.62. The van der Waals surface area contributed by atoms with Gasteiger partial charge in [-0.05, 0) is 73.5 Å². The molecule has 0 fully saturated rings. The average molecular weight is 375 g/mol. The Balaban J connectivity index is 1.71. The third-order valence-electron chi connectivity index (χ3n) is 4.35. The molecule has 2 aromatic carbocycles. The summed E-state index contributed by atoms with van der Waals surface area (Å²) in [5.74, 6) is -0.765. The van der Waals surface area contributed by atoms with E-state index in [1.54, 1.807) is 42.6 Å². The van der Waals surface area contributed by atoms with Crippen LogP contribution in [-0.2, 0) is 4.74 Å². The van der Waals surface area contributed by atoms with E-state index in [2.05, 4.69) is 40.3 Å². The van der Waals surface area contributed by atoms with Crippen LogP contribution < -0.4 is 10.6 Å². The van der Waals surface area contributed by atoms with E-state index in [-0.39, 0.29) is 11.6 Å². The number of ether oxygens (including phenoxy) is 1. The van der Waals surface area contributed by atoms with Crippen molar-refractivity contribution in [2.75, 3.05) is 17.7 Å². The largest absolute Gasteiger partial charge is 0.465 e. The SMILES string of the molecule is COC(=O)c1ccc(NC(=O)c2cc(Nc3ccc(C)c(C)c3)ccn2)cc1. The zero-order valence-corrected chi connectivity index (χ0v) is 15.9. The quantitative estimate of drug-likeness (QED) is 0.643. The van der Waals surface area contributed by atoms with Crippen molar-refractivity contribution in [1.82, 2.24) is 4.98 Å². The number of hydrogen-bond donors (Lipinski definition) is 2. The molecule has 1 heterocycles. The lowest BCUT2D eigenvalue weighted by molar-refractivity contribution is 0.0600. The van der Waals surface area contributed by atoms with Gasteiger partial charge in [-0.25, -0.2) is 4.79 Å². The van der Waals surface area contributed by atoms with Crippen LogP contribution in [0.5, 0.6) is 0 Å². The molecule has 142 valence electrons. The van der Waals surface area contributed by atoms with Crippen LogP contribution in [0.3, 0.4) is 0 Å². The zero-order valence-electron chi connectivity index (χ0n) is 15.9. The number of carbonyl (C=O) groups excluding carboxylic acids is 2. The highest BCUT2D eigenvalue weighted by Gasteiger charge is 2.10. The van der Waals surface area contributed by atoms with Crippen LogP contribution in [0.15, 0.2) is 60.8 Å². The number of carbonyl (C=O) groups is 2. The Morgan fingerprint density at radius 2 is 1.54 bits per heavy atom. The Morgan fingerprint density at radius 3 is 2.21 bits per heavy atom. The van der Waals surface area contributed by atoms with E-state index in [0.717, 1.165) is 11.4 Å². The fraction of sp³-hybridized carbons (Fsp3) is 0.136. The molecule has 0 atom stereocenters. The number of benzene rings is 2. The van der Waals surface area contributed by atoms with Gasteiger partial charge in [0.05, 0.1) is 12.7 Å². The van der Waals surface area contributed by atoms with E-state index >= 15 is 0 Å². The molecular formula is C22H21N3O3. The molecule has 1 amide bonds. The van der Waals surface area contributed by atoms with Crippen molar-refractivity contribution < 1.29 is 14.3 Å². The lowest BCUT2D eigenvalue weighted by Crippen LogP contribution is -2.14. The van der Waals surface area contributed by atoms with Crippen LogP contribution in [0.4, 0.5) is 17.1 Å². The molecule has 3 aromatic rings. The zero-order chi connectivity index (χ0) is 20.1. The Hall–Kier alpha value is -3.67. The summed E-state index contributed by atoms with van der Waals surface area (Å²) < 4.78 is 4.66. The number of anilines is 3. The minimum Gasteiger partial charge on any atom is -0.465 e. The van der Waals surface area contributed by atoms with Crippen LogP contribution in [0, 0.1) is 13.8 Å². The maximum absolute atomic E-state index is 12.5. The van der Waals surface area contributed by atoms with Gasteiger partial charge in [0.1, 0.15) is 5.69 Å². The lowest BCUT2D eigenvalue weighted by atomic mass is 10.1. The fourth-order valence-electron chi connectivity index (χ4n) is 2.62. The van der Waals surface area contributed by atoms with Crippen LogP contribution in [0.1, 0.15) is 32.0 Å². The van der Waals surface area contributed by atoms with Crippen molar-refractivity contribution in [3.8, 4) is 0 Å². The van der Waals surface area contributed by atoms with Crippen LogP contribution in [0.25, 0.3) is 0 Å². The number of amides is 1. The first-order chi connectivity index (χ1) is 13.5. The van der Waals surface area contributed by atoms with E-state index in [1.165, 1.54) is 18.2 Å². The van der Waals surface area contributed by atoms with Crippen molar-refractivity contribution in [2.24, 2.45) is 0 Å². The third kappa shape index (κ3) is 4.54. The molecule has 2 N–H and O–H groups in total. The highest BCUT2D eigenvalue weighted by molar-refractivity contribution is 6.03. The average Bonchev–Trinajstić information content (AvgIpc) is 2.71. The molecule has 0 aliphatic heterocycles. The van der Waals surface area contributed by atoms with Crippen LogP contribution >= 0.6 is 0 Å². The van der Waals surface area contributed by atoms with Gasteiger partial charge in [0.15, 0.2) is 0 Å². The first-order valence-corrected chi connectivity index (χ1v) is 8.76. The second-order valence-electron chi connectivity index (χ2n) is 6.38. The summed E-state index contributed by atoms with van der Waals surface area (Å²) in [4.78, 5) is 28.1. The van der Waals surface area contributed by atoms with Gasteiger partial charge in [0, 0.05) is 23.3 Å². The van der Waals surface area contributed by atoms with E-state index < -0.39 is 5.97 Å². The predicted octanol–water partition coefficient (Wildman–Crippen LogP) is 4.48. The third-order valence-corrected chi connectivity index (χ3v) is 4.35. The number of aromatic nitrogens is 1. The van der Waals surface area contributed by atoms with Crippen LogP contribution in [-0.4, -0.2) is 24.0 Å². The van der Waals surface area contributed by atoms with Gasteiger partial charge >= 0.3 is 5.97 Å². The molecular weight excluding hydrogens is 354 g/mol. The number of esters is 1. The predicted molar refractivity (Wildman–Crippen MR) is 109 cm³/mol. The summed E-state index contributed by atoms with van der Waals surface area (Å²) in [5, 5.41) is 6.05. The summed E-state index contributed by atoms with van der Waals surface area (Å²) in [6.07, 6.45) is 1.58. The number of nitrogens with one attached hydrogen (secondary N) is 2. The molecule has 3 rings (SSSR count). The molecule has 28 heavy (non-hydrogen) atoms. The van der Waals surface area contributed by atoms with Crippen LogP contribution in [0.2, 0.25) is 0 Å². The summed E-state index contributed by atoms with van der Waals surface area (Å²) in [6, 6.07) is 16.0. The maximum Gasteiger partial charge on any atom is 0.337 e. The molecule has 0 spiro atoms. The number of nitrogens with zero attached hydrogens (tertiary/aromatic N) is 1. The Bertz CT molecular complexity index is 1010. The van der Waals surface area contributed by atoms with Crippen molar-refractivity contribution >= 4 is 28.9 Å². The van der Waals surface area contributed by atoms with Gasteiger partial charge in [0.25, 0.3) is 5.91 Å². The molecule has 0 unspecified atom stereocenters. The molecule has 6 nitrogen and oxygen atoms in total. The molecule has 0 saturated carbocycles. The molecule has 1 aromatic heterocycles. The van der Waals surface area contributed by atoms with Gasteiger partial charge in [-0.15, -0.1) is 0 Å². The van der Waals surface area contributed by atoms with Gasteiger partial charge < -0.3 is 15.4 Å². The van der Waals surface area contributed by atoms with Crippen molar-refractivity contribution in [3.05, 3.63) is 83.2 Å². The Kier molecular flexibility index (Phi) is 5.69. The Morgan fingerprint density at radius 1 is 0.857 bits per heavy atom. The highest BCUT2D eigenvalue weighted by atomic mass is 16.5. The Labute approximate surface area is 163 Å². The van der Waals surface area contributed by atoms with Gasteiger partial charge in [0.2, 0.25) is 0 Å². The number of methoxy groups -OCH3 is 1. The maximum atomic E-state index is 12.5. The van der Waals surface area contributed by atoms with Crippen molar-refractivity contribution in [2.45, 2.75) is 13.8 Å². The molecule has 0 bridgehead atoms. The molecule has 0 aliphatic carbocycles. The van der Waals surface area contributed by atoms with E-state index in [4.69, 9.17) is 0 Å². The smallest absolute Gasteiger partial charge is 0.337 e. The van der Waals surface area contributed by atoms with Gasteiger partial charge in [-0.2, -0.15) is 0 Å². The first-order valence-electron chi connectivity index (χ1n) is 8.76. The summed E-state index contributed by atoms with van der Waals surface area (Å²) in [7, 11) is 1.32. The molecule has 0 saturated heterocycles. The number of rotatable bonds is 5. The standard InChI is InChI=1S/C22H21N3O3/c1-14-4-7-18(12-15(14)2)24-19-10-11-23-20(13-19)21(26)25-17-8-5-16(6-9-17)22(27)28-3/h4-13H,1-3H3,(H,23,24)(H,25,26). The number of aryl methyl sites for hydroxylation is 2. The summed E-state index contributed by atoms with van der Waals surface area (Å²) >= 11 is 0. The lowest BCUT2D eigenvalue weighted by Gasteiger charge is -2.10. The second-order valence-corrected chi connectivity index (χ2v) is 6.38. The molecule has 6 heteroatoms. The second kappa shape index (κ2) is 8.35. The van der Waals surface area contributed by atoms with Gasteiger partial charge in [-0.3, -0.25) is 9.78 Å². The number of pyridine rings is 1. The summed E-state index contributed by atoms with van der Waals surface area (Å²) in [5.41, 5.74) is 5.38.